The monoisotopic (exact) mass is 401 g/mol. The molecule has 3 rings (SSSR count). The number of halogens is 1. The zero-order chi connectivity index (χ0) is 20.1. The third kappa shape index (κ3) is 4.79. The van der Waals surface area contributed by atoms with E-state index in [1.807, 2.05) is 6.07 Å². The number of nitrogens with zero attached hydrogens (tertiary/aromatic N) is 3. The Bertz CT molecular complexity index is 852. The van der Waals surface area contributed by atoms with Crippen LogP contribution in [0.25, 0.3) is 5.57 Å². The minimum atomic E-state index is -0.574. The molecule has 1 aliphatic rings. The van der Waals surface area contributed by atoms with E-state index in [1.54, 1.807) is 37.6 Å². The number of primary amides is 1. The zero-order valence-corrected chi connectivity index (χ0v) is 16.5. The molecule has 2 aromatic rings. The van der Waals surface area contributed by atoms with Crippen LogP contribution in [0.5, 0.6) is 0 Å². The Hall–Kier alpha value is -2.64. The van der Waals surface area contributed by atoms with Gasteiger partial charge in [-0.25, -0.2) is 9.40 Å². The molecule has 3 N–H and O–H groups in total. The number of ether oxygens (including phenoxy) is 1. The summed E-state index contributed by atoms with van der Waals surface area (Å²) in [5.74, 6) is 0.475. The molecule has 0 atom stereocenters. The van der Waals surface area contributed by atoms with E-state index in [-0.39, 0.29) is 5.57 Å². The van der Waals surface area contributed by atoms with E-state index in [9.17, 15) is 4.79 Å². The van der Waals surface area contributed by atoms with Crippen molar-refractivity contribution in [2.45, 2.75) is 37.8 Å². The largest absolute Gasteiger partial charge is 0.381 e. The van der Waals surface area contributed by atoms with Crippen LogP contribution in [0.4, 0.5) is 17.5 Å². The van der Waals surface area contributed by atoms with Gasteiger partial charge in [-0.1, -0.05) is 18.7 Å². The molecule has 0 spiro atoms. The highest BCUT2D eigenvalue weighted by atomic mass is 35.5. The summed E-state index contributed by atoms with van der Waals surface area (Å²) < 4.78 is 6.82. The van der Waals surface area contributed by atoms with Crippen LogP contribution < -0.4 is 15.5 Å². The van der Waals surface area contributed by atoms with Crippen molar-refractivity contribution in [1.29, 1.82) is 0 Å². The third-order valence-electron chi connectivity index (χ3n) is 4.90. The first kappa shape index (κ1) is 20.1. The van der Waals surface area contributed by atoms with E-state index in [4.69, 9.17) is 22.2 Å². The number of anilines is 3. The number of benzene rings is 1. The van der Waals surface area contributed by atoms with Crippen LogP contribution in [-0.4, -0.2) is 35.1 Å². The first-order valence-electron chi connectivity index (χ1n) is 9.15. The SMILES string of the molecule is C=C(C(N)=O)c1cccc(N(Cl)c2ccnc(NC3CCC(OC)CC3)n2)c1. The second kappa shape index (κ2) is 9.03. The van der Waals surface area contributed by atoms with Gasteiger partial charge in [-0.05, 0) is 43.4 Å². The average Bonchev–Trinajstić information content (AvgIpc) is 2.73. The normalized spacial score (nSPS) is 19.1. The first-order chi connectivity index (χ1) is 13.5. The number of carbonyl (C=O) groups excluding carboxylic acids is 1. The Morgan fingerprint density at radius 1 is 1.32 bits per heavy atom. The molecule has 0 radical (unpaired) electrons. The van der Waals surface area contributed by atoms with Crippen molar-refractivity contribution in [3.05, 3.63) is 48.7 Å². The summed E-state index contributed by atoms with van der Waals surface area (Å²) in [6, 6.07) is 9.11. The first-order valence-corrected chi connectivity index (χ1v) is 9.49. The second-order valence-electron chi connectivity index (χ2n) is 6.77. The van der Waals surface area contributed by atoms with Gasteiger partial charge in [-0.15, -0.1) is 0 Å². The summed E-state index contributed by atoms with van der Waals surface area (Å²) in [6.07, 6.45) is 6.05. The Labute approximate surface area is 169 Å². The fraction of sp³-hybridized carbons (Fsp3) is 0.350. The molecule has 1 aromatic heterocycles. The molecule has 1 fully saturated rings. The predicted octanol–water partition coefficient (Wildman–Crippen LogP) is 3.64. The molecule has 1 saturated carbocycles. The molecule has 0 aliphatic heterocycles. The zero-order valence-electron chi connectivity index (χ0n) is 15.8. The van der Waals surface area contributed by atoms with Gasteiger partial charge in [0.05, 0.1) is 11.8 Å². The fourth-order valence-corrected chi connectivity index (χ4v) is 3.44. The molecule has 0 bridgehead atoms. The number of carbonyl (C=O) groups is 1. The highest BCUT2D eigenvalue weighted by molar-refractivity contribution is 6.29. The van der Waals surface area contributed by atoms with E-state index in [1.165, 1.54) is 4.42 Å². The Kier molecular flexibility index (Phi) is 6.49. The quantitative estimate of drug-likeness (QED) is 0.543. The van der Waals surface area contributed by atoms with Gasteiger partial charge in [0.25, 0.3) is 0 Å². The summed E-state index contributed by atoms with van der Waals surface area (Å²) in [7, 11) is 1.76. The molecular weight excluding hydrogens is 378 g/mol. The van der Waals surface area contributed by atoms with Crippen LogP contribution in [0.15, 0.2) is 43.1 Å². The van der Waals surface area contributed by atoms with Gasteiger partial charge in [-0.2, -0.15) is 4.98 Å². The maximum absolute atomic E-state index is 11.4. The molecule has 7 nitrogen and oxygen atoms in total. The van der Waals surface area contributed by atoms with E-state index < -0.39 is 5.91 Å². The number of rotatable bonds is 7. The minimum absolute atomic E-state index is 0.226. The number of hydrogen-bond acceptors (Lipinski definition) is 6. The minimum Gasteiger partial charge on any atom is -0.381 e. The van der Waals surface area contributed by atoms with Gasteiger partial charge in [0.15, 0.2) is 5.82 Å². The number of amides is 1. The van der Waals surface area contributed by atoms with Crippen LogP contribution in [0.1, 0.15) is 31.2 Å². The topological polar surface area (TPSA) is 93.4 Å². The number of hydrogen-bond donors (Lipinski definition) is 2. The predicted molar refractivity (Wildman–Crippen MR) is 111 cm³/mol. The van der Waals surface area contributed by atoms with Gasteiger partial charge in [0.2, 0.25) is 11.9 Å². The van der Waals surface area contributed by atoms with Gasteiger partial charge >= 0.3 is 0 Å². The second-order valence-corrected chi connectivity index (χ2v) is 7.10. The summed E-state index contributed by atoms with van der Waals surface area (Å²) in [4.78, 5) is 20.2. The van der Waals surface area contributed by atoms with E-state index in [0.717, 1.165) is 25.7 Å². The van der Waals surface area contributed by atoms with Crippen LogP contribution in [-0.2, 0) is 9.53 Å². The van der Waals surface area contributed by atoms with Gasteiger partial charge in [0, 0.05) is 42.8 Å². The Balaban J connectivity index is 1.72. The Morgan fingerprint density at radius 3 is 2.75 bits per heavy atom. The average molecular weight is 402 g/mol. The number of nitrogens with two attached hydrogens (primary N) is 1. The summed E-state index contributed by atoms with van der Waals surface area (Å²) in [5.41, 5.74) is 6.79. The van der Waals surface area contributed by atoms with E-state index in [0.29, 0.717) is 35.2 Å². The van der Waals surface area contributed by atoms with Crippen molar-refractivity contribution >= 4 is 40.7 Å². The summed E-state index contributed by atoms with van der Waals surface area (Å²) >= 11 is 6.49. The highest BCUT2D eigenvalue weighted by Gasteiger charge is 2.21. The number of aromatic nitrogens is 2. The fourth-order valence-electron chi connectivity index (χ4n) is 3.24. The molecule has 1 heterocycles. The maximum atomic E-state index is 11.4. The van der Waals surface area contributed by atoms with Crippen molar-refractivity contribution in [2.75, 3.05) is 16.8 Å². The lowest BCUT2D eigenvalue weighted by atomic mass is 9.93. The number of nitrogens with one attached hydrogen (secondary N) is 1. The molecule has 1 amide bonds. The van der Waals surface area contributed by atoms with Gasteiger partial charge in [0.1, 0.15) is 0 Å². The molecular formula is C20H24ClN5O2. The lowest BCUT2D eigenvalue weighted by Crippen LogP contribution is -2.29. The van der Waals surface area contributed by atoms with Crippen LogP contribution in [0, 0.1) is 0 Å². The molecule has 1 aliphatic carbocycles. The summed E-state index contributed by atoms with van der Waals surface area (Å²) in [5, 5.41) is 3.38. The lowest BCUT2D eigenvalue weighted by Gasteiger charge is -2.28. The van der Waals surface area contributed by atoms with Crippen LogP contribution in [0.2, 0.25) is 0 Å². The molecule has 1 aromatic carbocycles. The van der Waals surface area contributed by atoms with Crippen LogP contribution in [0.3, 0.4) is 0 Å². The third-order valence-corrected chi connectivity index (χ3v) is 5.27. The smallest absolute Gasteiger partial charge is 0.248 e. The molecule has 0 saturated heterocycles. The lowest BCUT2D eigenvalue weighted by molar-refractivity contribution is -0.112. The summed E-state index contributed by atoms with van der Waals surface area (Å²) in [6.45, 7) is 3.71. The molecule has 148 valence electrons. The van der Waals surface area contributed by atoms with E-state index in [2.05, 4.69) is 21.9 Å². The number of methoxy groups -OCH3 is 1. The van der Waals surface area contributed by atoms with Crippen molar-refractivity contribution in [3.8, 4) is 0 Å². The van der Waals surface area contributed by atoms with Gasteiger partial charge in [-0.3, -0.25) is 4.79 Å². The highest BCUT2D eigenvalue weighted by Crippen LogP contribution is 2.29. The van der Waals surface area contributed by atoms with Crippen molar-refractivity contribution < 1.29 is 9.53 Å². The van der Waals surface area contributed by atoms with Crippen molar-refractivity contribution in [2.24, 2.45) is 5.73 Å². The van der Waals surface area contributed by atoms with E-state index >= 15 is 0 Å². The maximum Gasteiger partial charge on any atom is 0.248 e. The van der Waals surface area contributed by atoms with Gasteiger partial charge < -0.3 is 15.8 Å². The van der Waals surface area contributed by atoms with Crippen molar-refractivity contribution in [3.63, 3.8) is 0 Å². The Morgan fingerprint density at radius 2 is 2.07 bits per heavy atom. The van der Waals surface area contributed by atoms with Crippen LogP contribution >= 0.6 is 11.8 Å². The molecule has 28 heavy (non-hydrogen) atoms. The standard InChI is InChI=1S/C20H24ClN5O2/c1-13(19(22)27)14-4-3-5-16(12-14)26(21)18-10-11-23-20(25-18)24-15-6-8-17(28-2)9-7-15/h3-5,10-12,15,17H,1,6-9H2,2H3,(H2,22,27)(H,23,24,25). The molecule has 0 unspecified atom stereocenters. The van der Waals surface area contributed by atoms with Crippen molar-refractivity contribution in [1.82, 2.24) is 9.97 Å². The molecule has 8 heteroatoms.